The standard InChI is InChI=1S/C13H21N5/c1-3-11(4-2)17(10-7-14)12-6-9-18-13(16-12)5-8-15-18/h5-6,8-9,11H,3-4,7,10,14H2,1-2H3. The number of hydrogen-bond donors (Lipinski definition) is 1. The Hall–Kier alpha value is -1.62. The predicted octanol–water partition coefficient (Wildman–Crippen LogP) is 1.68. The minimum Gasteiger partial charge on any atom is -0.352 e. The minimum atomic E-state index is 0.492. The fourth-order valence-electron chi connectivity index (χ4n) is 2.32. The van der Waals surface area contributed by atoms with Gasteiger partial charge >= 0.3 is 0 Å². The summed E-state index contributed by atoms with van der Waals surface area (Å²) in [6.45, 7) is 5.89. The molecule has 0 bridgehead atoms. The van der Waals surface area contributed by atoms with Gasteiger partial charge in [0.25, 0.3) is 0 Å². The Morgan fingerprint density at radius 2 is 2.11 bits per heavy atom. The van der Waals surface area contributed by atoms with Crippen molar-refractivity contribution in [1.82, 2.24) is 14.6 Å². The van der Waals surface area contributed by atoms with E-state index in [1.807, 2.05) is 18.3 Å². The molecule has 0 amide bonds. The molecule has 2 rings (SSSR count). The van der Waals surface area contributed by atoms with Gasteiger partial charge < -0.3 is 10.6 Å². The fraction of sp³-hybridized carbons (Fsp3) is 0.538. The van der Waals surface area contributed by atoms with E-state index < -0.39 is 0 Å². The molecule has 0 aliphatic carbocycles. The van der Waals surface area contributed by atoms with Crippen LogP contribution in [-0.4, -0.2) is 33.7 Å². The van der Waals surface area contributed by atoms with Crippen molar-refractivity contribution in [2.24, 2.45) is 5.73 Å². The molecule has 2 N–H and O–H groups in total. The van der Waals surface area contributed by atoms with Gasteiger partial charge in [0.2, 0.25) is 0 Å². The van der Waals surface area contributed by atoms with Gasteiger partial charge in [-0.3, -0.25) is 0 Å². The number of fused-ring (bicyclic) bond motifs is 1. The van der Waals surface area contributed by atoms with E-state index in [0.717, 1.165) is 30.9 Å². The molecule has 0 aliphatic rings. The summed E-state index contributed by atoms with van der Waals surface area (Å²) in [5.74, 6) is 0.988. The monoisotopic (exact) mass is 247 g/mol. The van der Waals surface area contributed by atoms with E-state index in [0.29, 0.717) is 12.6 Å². The largest absolute Gasteiger partial charge is 0.352 e. The Morgan fingerprint density at radius 1 is 1.33 bits per heavy atom. The van der Waals surface area contributed by atoms with Gasteiger partial charge in [0.1, 0.15) is 5.82 Å². The number of anilines is 1. The molecule has 0 fully saturated rings. The van der Waals surface area contributed by atoms with Crippen molar-refractivity contribution in [3.63, 3.8) is 0 Å². The molecule has 2 aromatic rings. The molecule has 0 unspecified atom stereocenters. The SMILES string of the molecule is CCC(CC)N(CCN)c1ccn2nccc2n1. The van der Waals surface area contributed by atoms with Gasteiger partial charge in [0, 0.05) is 31.4 Å². The second-order valence-corrected chi connectivity index (χ2v) is 4.37. The van der Waals surface area contributed by atoms with Crippen LogP contribution >= 0.6 is 0 Å². The normalized spacial score (nSPS) is 11.3. The average molecular weight is 247 g/mol. The predicted molar refractivity (Wildman–Crippen MR) is 73.8 cm³/mol. The zero-order valence-corrected chi connectivity index (χ0v) is 11.1. The van der Waals surface area contributed by atoms with Gasteiger partial charge in [-0.25, -0.2) is 9.50 Å². The maximum Gasteiger partial charge on any atom is 0.157 e. The zero-order valence-electron chi connectivity index (χ0n) is 11.1. The van der Waals surface area contributed by atoms with Crippen LogP contribution in [0.25, 0.3) is 5.65 Å². The third kappa shape index (κ3) is 2.46. The summed E-state index contributed by atoms with van der Waals surface area (Å²) in [6.07, 6.45) is 5.91. The van der Waals surface area contributed by atoms with Crippen molar-refractivity contribution >= 4 is 11.5 Å². The molecule has 18 heavy (non-hydrogen) atoms. The maximum absolute atomic E-state index is 5.72. The van der Waals surface area contributed by atoms with E-state index in [1.54, 1.807) is 10.7 Å². The summed E-state index contributed by atoms with van der Waals surface area (Å²) in [5.41, 5.74) is 6.60. The Labute approximate surface area is 108 Å². The van der Waals surface area contributed by atoms with E-state index >= 15 is 0 Å². The van der Waals surface area contributed by atoms with Crippen LogP contribution in [0.5, 0.6) is 0 Å². The first-order chi connectivity index (χ1) is 8.80. The fourth-order valence-corrected chi connectivity index (χ4v) is 2.32. The number of hydrogen-bond acceptors (Lipinski definition) is 4. The topological polar surface area (TPSA) is 59.5 Å². The van der Waals surface area contributed by atoms with Crippen LogP contribution in [0.2, 0.25) is 0 Å². The molecule has 5 nitrogen and oxygen atoms in total. The Balaban J connectivity index is 2.33. The van der Waals surface area contributed by atoms with Gasteiger partial charge in [-0.15, -0.1) is 0 Å². The summed E-state index contributed by atoms with van der Waals surface area (Å²) in [7, 11) is 0. The highest BCUT2D eigenvalue weighted by Crippen LogP contribution is 2.18. The molecular weight excluding hydrogens is 226 g/mol. The average Bonchev–Trinajstić information content (AvgIpc) is 2.86. The van der Waals surface area contributed by atoms with Crippen molar-refractivity contribution < 1.29 is 0 Å². The summed E-state index contributed by atoms with van der Waals surface area (Å²) in [4.78, 5) is 6.94. The van der Waals surface area contributed by atoms with E-state index in [2.05, 4.69) is 28.8 Å². The molecule has 0 aliphatic heterocycles. The van der Waals surface area contributed by atoms with E-state index in [1.165, 1.54) is 0 Å². The maximum atomic E-state index is 5.72. The van der Waals surface area contributed by atoms with Gasteiger partial charge in [-0.05, 0) is 18.9 Å². The lowest BCUT2D eigenvalue weighted by Crippen LogP contribution is -2.38. The Morgan fingerprint density at radius 3 is 2.78 bits per heavy atom. The molecule has 0 aromatic carbocycles. The van der Waals surface area contributed by atoms with Gasteiger partial charge in [0.05, 0.1) is 6.20 Å². The van der Waals surface area contributed by atoms with Crippen molar-refractivity contribution in [1.29, 1.82) is 0 Å². The van der Waals surface area contributed by atoms with Crippen LogP contribution in [0.15, 0.2) is 24.5 Å². The number of nitrogens with zero attached hydrogens (tertiary/aromatic N) is 4. The summed E-state index contributed by atoms with van der Waals surface area (Å²) >= 11 is 0. The third-order valence-corrected chi connectivity index (χ3v) is 3.29. The Kier molecular flexibility index (Phi) is 4.15. The highest BCUT2D eigenvalue weighted by molar-refractivity contribution is 5.48. The van der Waals surface area contributed by atoms with Crippen LogP contribution in [0.3, 0.4) is 0 Å². The molecule has 0 saturated carbocycles. The zero-order chi connectivity index (χ0) is 13.0. The summed E-state index contributed by atoms with van der Waals surface area (Å²) < 4.78 is 1.77. The molecule has 2 aromatic heterocycles. The molecule has 5 heteroatoms. The minimum absolute atomic E-state index is 0.492. The lowest BCUT2D eigenvalue weighted by atomic mass is 10.1. The van der Waals surface area contributed by atoms with Gasteiger partial charge in [-0.1, -0.05) is 13.8 Å². The second kappa shape index (κ2) is 5.82. The molecule has 0 spiro atoms. The van der Waals surface area contributed by atoms with Crippen molar-refractivity contribution in [3.05, 3.63) is 24.5 Å². The third-order valence-electron chi connectivity index (χ3n) is 3.29. The second-order valence-electron chi connectivity index (χ2n) is 4.37. The first-order valence-electron chi connectivity index (χ1n) is 6.57. The molecule has 98 valence electrons. The van der Waals surface area contributed by atoms with Crippen LogP contribution in [0.4, 0.5) is 5.82 Å². The smallest absolute Gasteiger partial charge is 0.157 e. The quantitative estimate of drug-likeness (QED) is 0.843. The van der Waals surface area contributed by atoms with Gasteiger partial charge in [-0.2, -0.15) is 5.10 Å². The van der Waals surface area contributed by atoms with Crippen molar-refractivity contribution in [3.8, 4) is 0 Å². The van der Waals surface area contributed by atoms with Crippen molar-refractivity contribution in [2.45, 2.75) is 32.7 Å². The highest BCUT2D eigenvalue weighted by Gasteiger charge is 2.16. The summed E-state index contributed by atoms with van der Waals surface area (Å²) in [6, 6.07) is 4.41. The molecule has 0 saturated heterocycles. The number of rotatable bonds is 6. The number of nitrogens with two attached hydrogens (primary N) is 1. The van der Waals surface area contributed by atoms with Crippen LogP contribution in [-0.2, 0) is 0 Å². The lowest BCUT2D eigenvalue weighted by molar-refractivity contribution is 0.554. The first-order valence-corrected chi connectivity index (χ1v) is 6.57. The Bertz CT molecular complexity index is 489. The molecule has 0 atom stereocenters. The summed E-state index contributed by atoms with van der Waals surface area (Å²) in [5, 5.41) is 4.16. The molecule has 0 radical (unpaired) electrons. The molecule has 2 heterocycles. The van der Waals surface area contributed by atoms with E-state index in [4.69, 9.17) is 5.73 Å². The van der Waals surface area contributed by atoms with Crippen LogP contribution in [0.1, 0.15) is 26.7 Å². The van der Waals surface area contributed by atoms with Crippen molar-refractivity contribution in [2.75, 3.05) is 18.0 Å². The van der Waals surface area contributed by atoms with E-state index in [-0.39, 0.29) is 0 Å². The van der Waals surface area contributed by atoms with Crippen LogP contribution < -0.4 is 10.6 Å². The van der Waals surface area contributed by atoms with Crippen LogP contribution in [0, 0.1) is 0 Å². The van der Waals surface area contributed by atoms with E-state index in [9.17, 15) is 0 Å². The molecular formula is C13H21N5. The lowest BCUT2D eigenvalue weighted by Gasteiger charge is -2.31. The number of aromatic nitrogens is 3. The first kappa shape index (κ1) is 12.8. The highest BCUT2D eigenvalue weighted by atomic mass is 15.3. The van der Waals surface area contributed by atoms with Gasteiger partial charge in [0.15, 0.2) is 5.65 Å².